The van der Waals surface area contributed by atoms with E-state index in [0.717, 1.165) is 21.4 Å². The number of hydrogen-bond donors (Lipinski definition) is 1. The molecule has 1 atom stereocenters. The first-order valence-corrected chi connectivity index (χ1v) is 5.87. The van der Waals surface area contributed by atoms with E-state index >= 15 is 0 Å². The van der Waals surface area contributed by atoms with Crippen LogP contribution in [0.25, 0.3) is 5.69 Å². The lowest BCUT2D eigenvalue weighted by Crippen LogP contribution is -1.98. The summed E-state index contributed by atoms with van der Waals surface area (Å²) in [6.07, 6.45) is 1.46. The fourth-order valence-electron chi connectivity index (χ4n) is 1.52. The summed E-state index contributed by atoms with van der Waals surface area (Å²) in [6.45, 7) is 3.70. The maximum absolute atomic E-state index is 9.47. The molecule has 0 spiro atoms. The number of benzene rings is 1. The zero-order chi connectivity index (χ0) is 11.7. The van der Waals surface area contributed by atoms with Crippen LogP contribution in [0.4, 0.5) is 0 Å². The van der Waals surface area contributed by atoms with Crippen LogP contribution in [0.15, 0.2) is 34.9 Å². The van der Waals surface area contributed by atoms with E-state index in [4.69, 9.17) is 0 Å². The summed E-state index contributed by atoms with van der Waals surface area (Å²) in [5, 5.41) is 13.8. The number of nitrogens with zero attached hydrogens (tertiary/aromatic N) is 2. The Bertz CT molecular complexity index is 505. The van der Waals surface area contributed by atoms with Gasteiger partial charge < -0.3 is 5.11 Å². The van der Waals surface area contributed by atoms with Gasteiger partial charge in [0, 0.05) is 10.7 Å². The van der Waals surface area contributed by atoms with Gasteiger partial charge in [0.2, 0.25) is 0 Å². The van der Waals surface area contributed by atoms with Crippen molar-refractivity contribution in [3.8, 4) is 5.69 Å². The maximum Gasteiger partial charge on any atom is 0.0787 e. The number of aromatic nitrogens is 2. The second kappa shape index (κ2) is 4.39. The number of halogens is 1. The Morgan fingerprint density at radius 1 is 1.38 bits per heavy atom. The molecule has 4 heteroatoms. The Kier molecular flexibility index (Phi) is 3.12. The lowest BCUT2D eigenvalue weighted by Gasteiger charge is -2.09. The standard InChI is InChI=1S/C12H13BrN2O/c1-8-5-6-15(14-8)12-4-3-10(9(2)16)7-11(12)13/h3-7,9,16H,1-2H3. The van der Waals surface area contributed by atoms with E-state index < -0.39 is 6.10 Å². The molecule has 1 heterocycles. The van der Waals surface area contributed by atoms with Gasteiger partial charge >= 0.3 is 0 Å². The molecule has 1 unspecified atom stereocenters. The SMILES string of the molecule is Cc1ccn(-c2ccc(C(C)O)cc2Br)n1. The van der Waals surface area contributed by atoms with Crippen molar-refractivity contribution in [1.29, 1.82) is 0 Å². The highest BCUT2D eigenvalue weighted by molar-refractivity contribution is 9.10. The predicted molar refractivity (Wildman–Crippen MR) is 66.6 cm³/mol. The molecule has 3 nitrogen and oxygen atoms in total. The van der Waals surface area contributed by atoms with Gasteiger partial charge in [-0.15, -0.1) is 0 Å². The highest BCUT2D eigenvalue weighted by atomic mass is 79.9. The topological polar surface area (TPSA) is 38.0 Å². The van der Waals surface area contributed by atoms with Crippen LogP contribution in [0, 0.1) is 6.92 Å². The van der Waals surface area contributed by atoms with E-state index in [2.05, 4.69) is 21.0 Å². The van der Waals surface area contributed by atoms with E-state index in [-0.39, 0.29) is 0 Å². The van der Waals surface area contributed by atoms with Crippen molar-refractivity contribution in [3.05, 3.63) is 46.2 Å². The minimum Gasteiger partial charge on any atom is -0.389 e. The molecular formula is C12H13BrN2O. The number of aryl methyl sites for hydroxylation is 1. The van der Waals surface area contributed by atoms with Crippen molar-refractivity contribution >= 4 is 15.9 Å². The summed E-state index contributed by atoms with van der Waals surface area (Å²) in [7, 11) is 0. The van der Waals surface area contributed by atoms with Crippen LogP contribution in [-0.4, -0.2) is 14.9 Å². The van der Waals surface area contributed by atoms with Crippen LogP contribution in [0.2, 0.25) is 0 Å². The van der Waals surface area contributed by atoms with Gasteiger partial charge in [-0.1, -0.05) is 6.07 Å². The van der Waals surface area contributed by atoms with Crippen molar-refractivity contribution in [2.45, 2.75) is 20.0 Å². The third-order valence-corrected chi connectivity index (χ3v) is 3.06. The molecule has 2 rings (SSSR count). The highest BCUT2D eigenvalue weighted by Gasteiger charge is 2.07. The molecule has 1 aromatic carbocycles. The third-order valence-electron chi connectivity index (χ3n) is 2.42. The Labute approximate surface area is 103 Å². The lowest BCUT2D eigenvalue weighted by atomic mass is 10.1. The van der Waals surface area contributed by atoms with Gasteiger partial charge in [-0.3, -0.25) is 0 Å². The fourth-order valence-corrected chi connectivity index (χ4v) is 2.10. The van der Waals surface area contributed by atoms with E-state index in [1.165, 1.54) is 0 Å². The second-order valence-corrected chi connectivity index (χ2v) is 4.64. The summed E-state index contributed by atoms with van der Waals surface area (Å²) in [5.74, 6) is 0. The van der Waals surface area contributed by atoms with Gasteiger partial charge in [0.15, 0.2) is 0 Å². The quantitative estimate of drug-likeness (QED) is 0.919. The molecule has 1 N–H and O–H groups in total. The summed E-state index contributed by atoms with van der Waals surface area (Å²) >= 11 is 3.49. The first kappa shape index (κ1) is 11.4. The van der Waals surface area contributed by atoms with E-state index in [9.17, 15) is 5.11 Å². The minimum absolute atomic E-state index is 0.454. The van der Waals surface area contributed by atoms with Crippen LogP contribution in [0.1, 0.15) is 24.3 Å². The molecule has 0 bridgehead atoms. The minimum atomic E-state index is -0.454. The molecule has 84 valence electrons. The van der Waals surface area contributed by atoms with Crippen molar-refractivity contribution in [2.75, 3.05) is 0 Å². The zero-order valence-corrected chi connectivity index (χ0v) is 10.8. The summed E-state index contributed by atoms with van der Waals surface area (Å²) in [5.41, 5.74) is 2.84. The average molecular weight is 281 g/mol. The first-order valence-electron chi connectivity index (χ1n) is 5.08. The molecule has 0 saturated carbocycles. The Balaban J connectivity index is 2.44. The maximum atomic E-state index is 9.47. The van der Waals surface area contributed by atoms with Crippen molar-refractivity contribution in [3.63, 3.8) is 0 Å². The zero-order valence-electron chi connectivity index (χ0n) is 9.18. The number of aliphatic hydroxyl groups is 1. The molecule has 1 aromatic heterocycles. The highest BCUT2D eigenvalue weighted by Crippen LogP contribution is 2.24. The van der Waals surface area contributed by atoms with Gasteiger partial charge in [0.1, 0.15) is 0 Å². The van der Waals surface area contributed by atoms with Crippen molar-refractivity contribution in [2.24, 2.45) is 0 Å². The van der Waals surface area contributed by atoms with Crippen LogP contribution >= 0.6 is 15.9 Å². The monoisotopic (exact) mass is 280 g/mol. The van der Waals surface area contributed by atoms with Gasteiger partial charge in [-0.05, 0) is 53.5 Å². The van der Waals surface area contributed by atoms with Gasteiger partial charge in [-0.25, -0.2) is 4.68 Å². The van der Waals surface area contributed by atoms with E-state index in [1.54, 1.807) is 6.92 Å². The predicted octanol–water partition coefficient (Wildman–Crippen LogP) is 3.00. The molecule has 0 amide bonds. The number of aliphatic hydroxyl groups excluding tert-OH is 1. The molecular weight excluding hydrogens is 268 g/mol. The molecule has 2 aromatic rings. The van der Waals surface area contributed by atoms with Crippen LogP contribution in [-0.2, 0) is 0 Å². The molecule has 0 saturated heterocycles. The van der Waals surface area contributed by atoms with Crippen LogP contribution in [0.5, 0.6) is 0 Å². The second-order valence-electron chi connectivity index (χ2n) is 3.79. The fraction of sp³-hybridized carbons (Fsp3) is 0.250. The number of hydrogen-bond acceptors (Lipinski definition) is 2. The largest absolute Gasteiger partial charge is 0.389 e. The summed E-state index contributed by atoms with van der Waals surface area (Å²) in [6, 6.07) is 7.71. The van der Waals surface area contributed by atoms with Gasteiger partial charge in [-0.2, -0.15) is 5.10 Å². The van der Waals surface area contributed by atoms with Gasteiger partial charge in [0.05, 0.1) is 17.5 Å². The first-order chi connectivity index (χ1) is 7.58. The number of rotatable bonds is 2. The Morgan fingerprint density at radius 2 is 2.12 bits per heavy atom. The molecule has 0 fully saturated rings. The van der Waals surface area contributed by atoms with Crippen LogP contribution in [0.3, 0.4) is 0 Å². The van der Waals surface area contributed by atoms with Crippen LogP contribution < -0.4 is 0 Å². The Hall–Kier alpha value is -1.13. The molecule has 0 aliphatic carbocycles. The van der Waals surface area contributed by atoms with Gasteiger partial charge in [0.25, 0.3) is 0 Å². The third kappa shape index (κ3) is 2.18. The molecule has 0 aliphatic heterocycles. The normalized spacial score (nSPS) is 12.8. The smallest absolute Gasteiger partial charge is 0.0787 e. The molecule has 16 heavy (non-hydrogen) atoms. The molecule has 0 aliphatic rings. The summed E-state index contributed by atoms with van der Waals surface area (Å²) < 4.78 is 2.74. The van der Waals surface area contributed by atoms with E-state index in [1.807, 2.05) is 42.1 Å². The van der Waals surface area contributed by atoms with Crippen molar-refractivity contribution < 1.29 is 5.11 Å². The Morgan fingerprint density at radius 3 is 2.62 bits per heavy atom. The van der Waals surface area contributed by atoms with Crippen molar-refractivity contribution in [1.82, 2.24) is 9.78 Å². The average Bonchev–Trinajstić information content (AvgIpc) is 2.64. The molecule has 0 radical (unpaired) electrons. The lowest BCUT2D eigenvalue weighted by molar-refractivity contribution is 0.199. The summed E-state index contributed by atoms with van der Waals surface area (Å²) in [4.78, 5) is 0. The van der Waals surface area contributed by atoms with E-state index in [0.29, 0.717) is 0 Å².